The van der Waals surface area contributed by atoms with Gasteiger partial charge in [-0.1, -0.05) is 23.8 Å². The van der Waals surface area contributed by atoms with Crippen LogP contribution in [0.15, 0.2) is 36.4 Å². The standard InChI is InChI=1S/C20H20N4O4/c1-11-8-9-16(12(2)10-11)24-22-13(3)17(23-24)19(26)21-15-7-5-6-14(18(15)25)20(27)28-4/h5-10,25H,1-4H3,(H,21,26). The van der Waals surface area contributed by atoms with Crippen molar-refractivity contribution in [1.29, 1.82) is 0 Å². The third-order valence-corrected chi connectivity index (χ3v) is 4.25. The first-order chi connectivity index (χ1) is 13.3. The van der Waals surface area contributed by atoms with Crippen LogP contribution in [0.3, 0.4) is 0 Å². The predicted octanol–water partition coefficient (Wildman–Crippen LogP) is 2.94. The lowest BCUT2D eigenvalue weighted by atomic mass is 10.1. The molecule has 1 heterocycles. The number of carbonyl (C=O) groups excluding carboxylic acids is 2. The van der Waals surface area contributed by atoms with Crippen molar-refractivity contribution in [2.24, 2.45) is 0 Å². The topological polar surface area (TPSA) is 106 Å². The zero-order valence-electron chi connectivity index (χ0n) is 16.0. The Bertz CT molecular complexity index is 1070. The van der Waals surface area contributed by atoms with Crippen LogP contribution in [0.1, 0.15) is 37.7 Å². The summed E-state index contributed by atoms with van der Waals surface area (Å²) in [6.07, 6.45) is 0. The van der Waals surface area contributed by atoms with E-state index in [1.54, 1.807) is 6.92 Å². The van der Waals surface area contributed by atoms with Gasteiger partial charge in [0.1, 0.15) is 5.56 Å². The van der Waals surface area contributed by atoms with Crippen LogP contribution in [0.5, 0.6) is 5.75 Å². The maximum Gasteiger partial charge on any atom is 0.341 e. The molecule has 0 radical (unpaired) electrons. The molecule has 0 saturated carbocycles. The lowest BCUT2D eigenvalue weighted by Gasteiger charge is -2.09. The van der Waals surface area contributed by atoms with E-state index in [0.29, 0.717) is 5.69 Å². The van der Waals surface area contributed by atoms with Gasteiger partial charge in [-0.2, -0.15) is 9.90 Å². The first-order valence-corrected chi connectivity index (χ1v) is 8.55. The molecule has 144 valence electrons. The second-order valence-corrected chi connectivity index (χ2v) is 6.36. The summed E-state index contributed by atoms with van der Waals surface area (Å²) in [6, 6.07) is 10.2. The van der Waals surface area contributed by atoms with E-state index in [2.05, 4.69) is 20.3 Å². The van der Waals surface area contributed by atoms with Crippen molar-refractivity contribution in [2.45, 2.75) is 20.8 Å². The Hall–Kier alpha value is -3.68. The number of nitrogens with one attached hydrogen (secondary N) is 1. The molecule has 2 N–H and O–H groups in total. The lowest BCUT2D eigenvalue weighted by Crippen LogP contribution is -2.15. The van der Waals surface area contributed by atoms with Crippen molar-refractivity contribution in [1.82, 2.24) is 15.0 Å². The van der Waals surface area contributed by atoms with Gasteiger partial charge in [0.15, 0.2) is 11.4 Å². The van der Waals surface area contributed by atoms with Gasteiger partial charge in [-0.25, -0.2) is 4.79 Å². The van der Waals surface area contributed by atoms with Gasteiger partial charge in [0.25, 0.3) is 5.91 Å². The summed E-state index contributed by atoms with van der Waals surface area (Å²) in [7, 11) is 1.21. The normalized spacial score (nSPS) is 10.6. The van der Waals surface area contributed by atoms with E-state index in [-0.39, 0.29) is 22.7 Å². The van der Waals surface area contributed by atoms with Gasteiger partial charge in [0, 0.05) is 0 Å². The van der Waals surface area contributed by atoms with Gasteiger partial charge in [0.2, 0.25) is 0 Å². The van der Waals surface area contributed by atoms with E-state index >= 15 is 0 Å². The first kappa shape index (κ1) is 19.1. The highest BCUT2D eigenvalue weighted by atomic mass is 16.5. The maximum absolute atomic E-state index is 12.7. The van der Waals surface area contributed by atoms with Crippen LogP contribution in [0, 0.1) is 20.8 Å². The molecule has 0 saturated heterocycles. The number of rotatable bonds is 4. The molecule has 0 aliphatic heterocycles. The molecule has 0 fully saturated rings. The summed E-state index contributed by atoms with van der Waals surface area (Å²) in [5, 5.41) is 21.4. The second-order valence-electron chi connectivity index (χ2n) is 6.36. The molecule has 0 bridgehead atoms. The molecule has 8 nitrogen and oxygen atoms in total. The zero-order valence-corrected chi connectivity index (χ0v) is 16.0. The Morgan fingerprint density at radius 3 is 2.54 bits per heavy atom. The van der Waals surface area contributed by atoms with E-state index in [1.807, 2.05) is 32.0 Å². The molecule has 3 rings (SSSR count). The van der Waals surface area contributed by atoms with E-state index in [4.69, 9.17) is 0 Å². The monoisotopic (exact) mass is 380 g/mol. The van der Waals surface area contributed by atoms with E-state index in [1.165, 1.54) is 30.1 Å². The van der Waals surface area contributed by atoms with E-state index in [0.717, 1.165) is 16.8 Å². The van der Waals surface area contributed by atoms with Gasteiger partial charge in [0.05, 0.1) is 24.2 Å². The number of aryl methyl sites for hydroxylation is 3. The smallest absolute Gasteiger partial charge is 0.341 e. The Morgan fingerprint density at radius 1 is 1.11 bits per heavy atom. The molecule has 1 amide bonds. The molecule has 2 aromatic carbocycles. The summed E-state index contributed by atoms with van der Waals surface area (Å²) < 4.78 is 4.62. The summed E-state index contributed by atoms with van der Waals surface area (Å²) >= 11 is 0. The molecular formula is C20H20N4O4. The number of ether oxygens (including phenoxy) is 1. The third kappa shape index (κ3) is 3.57. The summed E-state index contributed by atoms with van der Waals surface area (Å²) in [6.45, 7) is 5.61. The maximum atomic E-state index is 12.7. The van der Waals surface area contributed by atoms with Crippen LogP contribution < -0.4 is 5.32 Å². The molecule has 0 spiro atoms. The third-order valence-electron chi connectivity index (χ3n) is 4.25. The predicted molar refractivity (Wildman–Crippen MR) is 103 cm³/mol. The van der Waals surface area contributed by atoms with Gasteiger partial charge in [-0.15, -0.1) is 5.10 Å². The minimum Gasteiger partial charge on any atom is -0.505 e. The minimum absolute atomic E-state index is 0.0454. The van der Waals surface area contributed by atoms with Gasteiger partial charge in [-0.3, -0.25) is 4.79 Å². The quantitative estimate of drug-likeness (QED) is 0.532. The number of hydrogen-bond donors (Lipinski definition) is 2. The highest BCUT2D eigenvalue weighted by molar-refractivity contribution is 6.05. The summed E-state index contributed by atoms with van der Waals surface area (Å²) in [5.74, 6) is -1.63. The van der Waals surface area contributed by atoms with E-state index < -0.39 is 11.9 Å². The number of phenols is 1. The Balaban J connectivity index is 1.90. The SMILES string of the molecule is COC(=O)c1cccc(NC(=O)c2nn(-c3ccc(C)cc3C)nc2C)c1O. The molecule has 0 aliphatic rings. The number of esters is 1. The molecule has 28 heavy (non-hydrogen) atoms. The summed E-state index contributed by atoms with van der Waals surface area (Å²) in [5.41, 5.74) is 3.44. The molecule has 0 unspecified atom stereocenters. The van der Waals surface area contributed by atoms with Crippen molar-refractivity contribution >= 4 is 17.6 Å². The van der Waals surface area contributed by atoms with Crippen LogP contribution >= 0.6 is 0 Å². The Kier molecular flexibility index (Phi) is 5.12. The first-order valence-electron chi connectivity index (χ1n) is 8.55. The second kappa shape index (κ2) is 7.51. The number of benzene rings is 2. The number of aromatic hydroxyl groups is 1. The molecule has 8 heteroatoms. The molecule has 3 aromatic rings. The van der Waals surface area contributed by atoms with Crippen LogP contribution in [-0.2, 0) is 4.74 Å². The average molecular weight is 380 g/mol. The van der Waals surface area contributed by atoms with Gasteiger partial charge >= 0.3 is 5.97 Å². The number of aromatic nitrogens is 3. The fraction of sp³-hybridized carbons (Fsp3) is 0.200. The highest BCUT2D eigenvalue weighted by Crippen LogP contribution is 2.28. The van der Waals surface area contributed by atoms with Crippen LogP contribution in [0.4, 0.5) is 5.69 Å². The van der Waals surface area contributed by atoms with Crippen LogP contribution in [0.2, 0.25) is 0 Å². The van der Waals surface area contributed by atoms with Crippen molar-refractivity contribution in [3.05, 3.63) is 64.5 Å². The fourth-order valence-electron chi connectivity index (χ4n) is 2.83. The highest BCUT2D eigenvalue weighted by Gasteiger charge is 2.20. The Morgan fingerprint density at radius 2 is 1.86 bits per heavy atom. The number of phenolic OH excluding ortho intramolecular Hbond substituents is 1. The number of hydrogen-bond acceptors (Lipinski definition) is 6. The fourth-order valence-corrected chi connectivity index (χ4v) is 2.83. The van der Waals surface area contributed by atoms with Gasteiger partial charge < -0.3 is 15.2 Å². The van der Waals surface area contributed by atoms with Crippen molar-refractivity contribution in [3.8, 4) is 11.4 Å². The minimum atomic E-state index is -0.703. The molecule has 0 atom stereocenters. The number of nitrogens with zero attached hydrogens (tertiary/aromatic N) is 3. The molecule has 1 aromatic heterocycles. The number of anilines is 1. The largest absolute Gasteiger partial charge is 0.505 e. The number of para-hydroxylation sites is 1. The zero-order chi connectivity index (χ0) is 20.4. The number of carbonyl (C=O) groups is 2. The molecule has 0 aliphatic carbocycles. The van der Waals surface area contributed by atoms with Crippen LogP contribution in [-0.4, -0.2) is 39.1 Å². The van der Waals surface area contributed by atoms with Gasteiger partial charge in [-0.05, 0) is 44.5 Å². The van der Waals surface area contributed by atoms with Crippen LogP contribution in [0.25, 0.3) is 5.69 Å². The summed E-state index contributed by atoms with van der Waals surface area (Å²) in [4.78, 5) is 25.8. The average Bonchev–Trinajstić information content (AvgIpc) is 3.04. The van der Waals surface area contributed by atoms with E-state index in [9.17, 15) is 14.7 Å². The van der Waals surface area contributed by atoms with Crippen molar-refractivity contribution in [2.75, 3.05) is 12.4 Å². The number of methoxy groups -OCH3 is 1. The number of amides is 1. The molecular weight excluding hydrogens is 360 g/mol. The lowest BCUT2D eigenvalue weighted by molar-refractivity contribution is 0.0597. The Labute approximate surface area is 161 Å². The van der Waals surface area contributed by atoms with Crippen molar-refractivity contribution < 1.29 is 19.4 Å². The van der Waals surface area contributed by atoms with Crippen molar-refractivity contribution in [3.63, 3.8) is 0 Å².